The first kappa shape index (κ1) is 18.3. The van der Waals surface area contributed by atoms with E-state index in [9.17, 15) is 9.59 Å². The highest BCUT2D eigenvalue weighted by Gasteiger charge is 2.45. The number of imidazole rings is 1. The zero-order valence-corrected chi connectivity index (χ0v) is 16.9. The monoisotopic (exact) mass is 410 g/mol. The average Bonchev–Trinajstić information content (AvgIpc) is 3.36. The quantitative estimate of drug-likeness (QED) is 0.677. The number of carbonyl (C=O) groups is 2. The van der Waals surface area contributed by atoms with E-state index >= 15 is 0 Å². The molecular formula is C21H22N4O3S. The molecule has 0 unspecified atom stereocenters. The molecule has 2 aromatic heterocycles. The summed E-state index contributed by atoms with van der Waals surface area (Å²) in [6.45, 7) is 2.70. The number of carbonyl (C=O) groups excluding carboxylic acids is 2. The van der Waals surface area contributed by atoms with Crippen LogP contribution in [0.2, 0.25) is 0 Å². The Hall–Kier alpha value is -2.71. The fourth-order valence-electron chi connectivity index (χ4n) is 4.13. The molecule has 0 bridgehead atoms. The van der Waals surface area contributed by atoms with Gasteiger partial charge in [-0.2, -0.15) is 0 Å². The maximum absolute atomic E-state index is 12.7. The lowest BCUT2D eigenvalue weighted by Crippen LogP contribution is -2.53. The maximum atomic E-state index is 12.7. The topological polar surface area (TPSA) is 84.7 Å². The van der Waals surface area contributed by atoms with Gasteiger partial charge in [0.2, 0.25) is 5.91 Å². The minimum Gasteiger partial charge on any atom is -0.378 e. The second kappa shape index (κ2) is 7.27. The highest BCUT2D eigenvalue weighted by Crippen LogP contribution is 2.38. The molecule has 3 heterocycles. The summed E-state index contributed by atoms with van der Waals surface area (Å²) in [6, 6.07) is 5.59. The average molecular weight is 410 g/mol. The van der Waals surface area contributed by atoms with Gasteiger partial charge >= 0.3 is 0 Å². The molecule has 2 aliphatic rings. The van der Waals surface area contributed by atoms with Gasteiger partial charge in [-0.25, -0.2) is 4.98 Å². The van der Waals surface area contributed by atoms with Crippen LogP contribution < -0.4 is 10.6 Å². The van der Waals surface area contributed by atoms with Crippen LogP contribution in [0.1, 0.15) is 34.5 Å². The fraction of sp³-hybridized carbons (Fsp3) is 0.381. The molecule has 1 saturated carbocycles. The number of hydrogen-bond donors (Lipinski definition) is 2. The third-order valence-corrected chi connectivity index (χ3v) is 6.61. The molecule has 2 amide bonds. The highest BCUT2D eigenvalue weighted by atomic mass is 32.1. The van der Waals surface area contributed by atoms with Gasteiger partial charge in [-0.1, -0.05) is 6.07 Å². The molecule has 1 aliphatic carbocycles. The second-order valence-electron chi connectivity index (χ2n) is 7.76. The largest absolute Gasteiger partial charge is 0.378 e. The number of anilines is 1. The van der Waals surface area contributed by atoms with Crippen molar-refractivity contribution in [2.45, 2.75) is 38.3 Å². The number of aryl methyl sites for hydroxylation is 1. The van der Waals surface area contributed by atoms with E-state index in [1.807, 2.05) is 35.2 Å². The molecule has 2 fully saturated rings. The van der Waals surface area contributed by atoms with E-state index in [0.29, 0.717) is 23.3 Å². The van der Waals surface area contributed by atoms with Crippen LogP contribution in [-0.4, -0.2) is 40.0 Å². The van der Waals surface area contributed by atoms with Gasteiger partial charge in [-0.15, -0.1) is 11.3 Å². The Morgan fingerprint density at radius 2 is 2.28 bits per heavy atom. The third-order valence-electron chi connectivity index (χ3n) is 5.84. The van der Waals surface area contributed by atoms with Crippen LogP contribution in [0, 0.1) is 12.8 Å². The summed E-state index contributed by atoms with van der Waals surface area (Å²) in [7, 11) is 0. The number of ether oxygens (including phenoxy) is 1. The minimum absolute atomic E-state index is 0.106. The number of nitrogens with zero attached hydrogens (tertiary/aromatic N) is 2. The molecule has 1 saturated heterocycles. The normalized spacial score (nSPS) is 22.9. The van der Waals surface area contributed by atoms with Crippen molar-refractivity contribution in [3.8, 4) is 0 Å². The number of benzene rings is 1. The van der Waals surface area contributed by atoms with Crippen molar-refractivity contribution in [3.63, 3.8) is 0 Å². The lowest BCUT2D eigenvalue weighted by molar-refractivity contribution is -0.115. The molecular weight excluding hydrogens is 388 g/mol. The van der Waals surface area contributed by atoms with Crippen molar-refractivity contribution in [2.24, 2.45) is 5.92 Å². The summed E-state index contributed by atoms with van der Waals surface area (Å²) in [6.07, 6.45) is 6.18. The van der Waals surface area contributed by atoms with Crippen LogP contribution in [-0.2, 0) is 16.0 Å². The van der Waals surface area contributed by atoms with Gasteiger partial charge < -0.3 is 15.4 Å². The van der Waals surface area contributed by atoms with Crippen molar-refractivity contribution in [1.29, 1.82) is 0 Å². The number of hydrogen-bond acceptors (Lipinski definition) is 5. The van der Waals surface area contributed by atoms with Gasteiger partial charge in [-0.05, 0) is 37.5 Å². The van der Waals surface area contributed by atoms with E-state index in [4.69, 9.17) is 4.74 Å². The first-order valence-corrected chi connectivity index (χ1v) is 10.7. The molecule has 1 aliphatic heterocycles. The van der Waals surface area contributed by atoms with E-state index in [-0.39, 0.29) is 24.3 Å². The Balaban J connectivity index is 1.24. The van der Waals surface area contributed by atoms with E-state index in [1.54, 1.807) is 12.1 Å². The second-order valence-corrected chi connectivity index (χ2v) is 8.63. The number of nitrogens with one attached hydrogen (secondary N) is 2. The predicted octanol–water partition coefficient (Wildman–Crippen LogP) is 2.79. The van der Waals surface area contributed by atoms with Crippen molar-refractivity contribution in [3.05, 3.63) is 52.8 Å². The van der Waals surface area contributed by atoms with Gasteiger partial charge in [0.05, 0.1) is 18.2 Å². The van der Waals surface area contributed by atoms with Gasteiger partial charge in [0.15, 0.2) is 4.96 Å². The molecule has 150 valence electrons. The van der Waals surface area contributed by atoms with Crippen molar-refractivity contribution in [2.75, 3.05) is 11.9 Å². The first-order valence-electron chi connectivity index (χ1n) is 9.81. The summed E-state index contributed by atoms with van der Waals surface area (Å²) in [5.74, 6) is 0.180. The van der Waals surface area contributed by atoms with E-state index in [1.165, 1.54) is 11.3 Å². The molecule has 7 nitrogen and oxygen atoms in total. The maximum Gasteiger partial charge on any atom is 0.251 e. The smallest absolute Gasteiger partial charge is 0.251 e. The molecule has 3 aromatic rings. The zero-order chi connectivity index (χ0) is 20.0. The molecule has 8 heteroatoms. The molecule has 0 spiro atoms. The number of thiazole rings is 1. The molecule has 5 rings (SSSR count). The molecule has 3 atom stereocenters. The van der Waals surface area contributed by atoms with Crippen LogP contribution in [0.25, 0.3) is 4.96 Å². The lowest BCUT2D eigenvalue weighted by atomic mass is 9.76. The number of aromatic nitrogens is 2. The van der Waals surface area contributed by atoms with Crippen LogP contribution in [0.3, 0.4) is 0 Å². The fourth-order valence-corrected chi connectivity index (χ4v) is 4.85. The Kier molecular flexibility index (Phi) is 4.60. The van der Waals surface area contributed by atoms with Crippen molar-refractivity contribution < 1.29 is 14.3 Å². The Bertz CT molecular complexity index is 1060. The summed E-state index contributed by atoms with van der Waals surface area (Å²) >= 11 is 1.53. The van der Waals surface area contributed by atoms with Crippen molar-refractivity contribution in [1.82, 2.24) is 14.7 Å². The molecule has 29 heavy (non-hydrogen) atoms. The van der Waals surface area contributed by atoms with Crippen LogP contribution >= 0.6 is 11.3 Å². The Labute approximate surface area is 172 Å². The Morgan fingerprint density at radius 1 is 1.38 bits per heavy atom. The number of rotatable bonds is 5. The molecule has 2 N–H and O–H groups in total. The number of amides is 2. The van der Waals surface area contributed by atoms with Gasteiger partial charge in [0, 0.05) is 47.6 Å². The minimum atomic E-state index is -0.152. The first-order chi connectivity index (χ1) is 14.1. The summed E-state index contributed by atoms with van der Waals surface area (Å²) < 4.78 is 7.51. The van der Waals surface area contributed by atoms with Gasteiger partial charge in [0.1, 0.15) is 0 Å². The predicted molar refractivity (Wildman–Crippen MR) is 110 cm³/mol. The molecule has 1 aromatic carbocycles. The summed E-state index contributed by atoms with van der Waals surface area (Å²) in [5.41, 5.74) is 2.84. The standard InChI is InChI=1S/C21H22N4O3S/c1-12-2-3-13(20(27)24-17-10-18-15(17)4-6-28-18)8-16(12)23-19(26)9-14-11-25-5-7-29-21(25)22-14/h2-3,5,7-8,11,15,17-18H,4,6,9-10H2,1H3,(H,23,26)(H,24,27)/t15-,17+,18+/m0/s1. The lowest BCUT2D eigenvalue weighted by Gasteiger charge is -2.39. The number of fused-ring (bicyclic) bond motifs is 2. The van der Waals surface area contributed by atoms with E-state index < -0.39 is 0 Å². The van der Waals surface area contributed by atoms with E-state index in [0.717, 1.165) is 35.7 Å². The van der Waals surface area contributed by atoms with Gasteiger partial charge in [0.25, 0.3) is 5.91 Å². The molecule has 0 radical (unpaired) electrons. The summed E-state index contributed by atoms with van der Waals surface area (Å²) in [5, 5.41) is 7.99. The summed E-state index contributed by atoms with van der Waals surface area (Å²) in [4.78, 5) is 30.5. The van der Waals surface area contributed by atoms with E-state index in [2.05, 4.69) is 15.6 Å². The van der Waals surface area contributed by atoms with Crippen molar-refractivity contribution >= 4 is 33.8 Å². The highest BCUT2D eigenvalue weighted by molar-refractivity contribution is 7.15. The van der Waals surface area contributed by atoms with Crippen LogP contribution in [0.15, 0.2) is 36.0 Å². The Morgan fingerprint density at radius 3 is 3.10 bits per heavy atom. The SMILES string of the molecule is Cc1ccc(C(=O)N[C@@H]2C[C@H]3OCC[C@@H]23)cc1NC(=O)Cc1cn2ccsc2n1. The van der Waals surface area contributed by atoms with Gasteiger partial charge in [-0.3, -0.25) is 14.0 Å². The third kappa shape index (κ3) is 3.54. The van der Waals surface area contributed by atoms with Crippen LogP contribution in [0.4, 0.5) is 5.69 Å². The van der Waals surface area contributed by atoms with Crippen LogP contribution in [0.5, 0.6) is 0 Å². The zero-order valence-electron chi connectivity index (χ0n) is 16.1.